The Morgan fingerprint density at radius 3 is 1.97 bits per heavy atom. The Hall–Kier alpha value is -0.400. The van der Waals surface area contributed by atoms with Gasteiger partial charge in [0.15, 0.2) is 12.6 Å². The highest BCUT2D eigenvalue weighted by Crippen LogP contribution is 2.45. The van der Waals surface area contributed by atoms with E-state index in [9.17, 15) is 0 Å². The van der Waals surface area contributed by atoms with E-state index in [1.165, 1.54) is 0 Å². The summed E-state index contributed by atoms with van der Waals surface area (Å²) in [6, 6.07) is 0. The highest BCUT2D eigenvalue weighted by atomic mass is 17.1. The molecule has 0 N–H and O–H groups in total. The lowest BCUT2D eigenvalue weighted by Crippen LogP contribution is -2.58. The first-order chi connectivity index (χ1) is 15.1. The Morgan fingerprint density at radius 1 is 0.719 bits per heavy atom. The van der Waals surface area contributed by atoms with E-state index in [2.05, 4.69) is 27.7 Å². The van der Waals surface area contributed by atoms with Crippen LogP contribution in [0.15, 0.2) is 0 Å². The van der Waals surface area contributed by atoms with Crippen molar-refractivity contribution in [2.24, 2.45) is 10.8 Å². The Bertz CT molecular complexity index is 686. The number of rotatable bonds is 2. The van der Waals surface area contributed by atoms with Gasteiger partial charge in [-0.2, -0.15) is 0 Å². The average molecular weight is 461 g/mol. The van der Waals surface area contributed by atoms with Crippen LogP contribution in [-0.4, -0.2) is 75.7 Å². The van der Waals surface area contributed by atoms with Crippen LogP contribution < -0.4 is 0 Å². The fraction of sp³-hybridized carbons (Fsp3) is 1.00. The highest BCUT2D eigenvalue weighted by molar-refractivity contribution is 4.89. The van der Waals surface area contributed by atoms with E-state index in [0.29, 0.717) is 26.4 Å². The van der Waals surface area contributed by atoms with Crippen molar-refractivity contribution in [3.8, 4) is 0 Å². The molecule has 6 fully saturated rings. The summed E-state index contributed by atoms with van der Waals surface area (Å²) in [5, 5.41) is 0. The molecule has 6 aliphatic heterocycles. The lowest BCUT2D eigenvalue weighted by Gasteiger charge is -2.47. The molecule has 0 radical (unpaired) electrons. The number of epoxide rings is 2. The zero-order valence-electron chi connectivity index (χ0n) is 19.8. The fourth-order valence-electron chi connectivity index (χ4n) is 4.01. The van der Waals surface area contributed by atoms with E-state index in [-0.39, 0.29) is 47.8 Å². The molecule has 10 nitrogen and oxygen atoms in total. The first-order valence-corrected chi connectivity index (χ1v) is 11.7. The lowest BCUT2D eigenvalue weighted by molar-refractivity contribution is -0.554. The van der Waals surface area contributed by atoms with Gasteiger partial charge in [0, 0.05) is 10.8 Å². The fourth-order valence-corrected chi connectivity index (χ4v) is 4.01. The first-order valence-electron chi connectivity index (χ1n) is 11.7. The Kier molecular flexibility index (Phi) is 5.90. The summed E-state index contributed by atoms with van der Waals surface area (Å²) in [4.78, 5) is 0. The second-order valence-corrected chi connectivity index (χ2v) is 10.2. The standard InChI is InChI=1S/2C11H18O5/c1-6-8-9(13-8)16-11(14-6)12-5-10(3,4)7(2)15-11;1-3-10(4-2)6-13-11(14-7-10)12-5-8-9(15-8)16-11/h6-9H,5H2,1-4H3;8-9H,3-7H2,1-2H3. The molecule has 184 valence electrons. The van der Waals surface area contributed by atoms with Crippen molar-refractivity contribution in [2.75, 3.05) is 26.4 Å². The number of hydrogen-bond acceptors (Lipinski definition) is 10. The number of fused-ring (bicyclic) bond motifs is 2. The Morgan fingerprint density at radius 2 is 1.38 bits per heavy atom. The zero-order chi connectivity index (χ0) is 22.8. The second kappa shape index (κ2) is 8.08. The summed E-state index contributed by atoms with van der Waals surface area (Å²) in [6.07, 6.45) is -0.996. The van der Waals surface area contributed by atoms with Gasteiger partial charge in [-0.05, 0) is 26.7 Å². The van der Waals surface area contributed by atoms with Gasteiger partial charge in [-0.25, -0.2) is 0 Å². The lowest BCUT2D eigenvalue weighted by atomic mass is 9.84. The maximum absolute atomic E-state index is 5.75. The van der Waals surface area contributed by atoms with Crippen LogP contribution in [0.2, 0.25) is 0 Å². The van der Waals surface area contributed by atoms with Gasteiger partial charge in [-0.3, -0.25) is 18.9 Å². The molecule has 0 aliphatic carbocycles. The highest BCUT2D eigenvalue weighted by Gasteiger charge is 2.62. The average Bonchev–Trinajstić information content (AvgIpc) is 3.68. The van der Waals surface area contributed by atoms with Crippen molar-refractivity contribution in [2.45, 2.75) is 104 Å². The molecule has 2 spiro atoms. The monoisotopic (exact) mass is 460 g/mol. The Balaban J connectivity index is 0.000000135. The molecule has 7 atom stereocenters. The van der Waals surface area contributed by atoms with Gasteiger partial charge >= 0.3 is 12.3 Å². The molecule has 0 aromatic heterocycles. The molecule has 0 aromatic carbocycles. The molecule has 32 heavy (non-hydrogen) atoms. The van der Waals surface area contributed by atoms with E-state index in [1.54, 1.807) is 0 Å². The topological polar surface area (TPSA) is 98.9 Å². The van der Waals surface area contributed by atoms with Crippen molar-refractivity contribution < 1.29 is 47.4 Å². The second-order valence-electron chi connectivity index (χ2n) is 10.2. The minimum absolute atomic E-state index is 0.00347. The third-order valence-corrected chi connectivity index (χ3v) is 7.41. The van der Waals surface area contributed by atoms with Gasteiger partial charge < -0.3 is 28.4 Å². The van der Waals surface area contributed by atoms with Crippen molar-refractivity contribution in [1.29, 1.82) is 0 Å². The van der Waals surface area contributed by atoms with Crippen LogP contribution in [0.1, 0.15) is 54.4 Å². The smallest absolute Gasteiger partial charge is 0.339 e. The van der Waals surface area contributed by atoms with E-state index < -0.39 is 12.3 Å². The van der Waals surface area contributed by atoms with Gasteiger partial charge in [0.25, 0.3) is 0 Å². The molecule has 0 bridgehead atoms. The number of ether oxygens (including phenoxy) is 10. The van der Waals surface area contributed by atoms with Crippen LogP contribution >= 0.6 is 0 Å². The predicted molar refractivity (Wildman–Crippen MR) is 107 cm³/mol. The minimum Gasteiger partial charge on any atom is -0.339 e. The molecular formula is C22H36O10. The quantitative estimate of drug-likeness (QED) is 0.571. The number of hydrogen-bond donors (Lipinski definition) is 0. The first kappa shape index (κ1) is 23.3. The van der Waals surface area contributed by atoms with Crippen LogP contribution in [0.5, 0.6) is 0 Å². The third-order valence-electron chi connectivity index (χ3n) is 7.41. The van der Waals surface area contributed by atoms with Gasteiger partial charge in [-0.1, -0.05) is 27.7 Å². The van der Waals surface area contributed by atoms with Crippen molar-refractivity contribution >= 4 is 0 Å². The normalized spacial score (nSPS) is 47.1. The predicted octanol–water partition coefficient (Wildman–Crippen LogP) is 2.44. The summed E-state index contributed by atoms with van der Waals surface area (Å²) >= 11 is 0. The van der Waals surface area contributed by atoms with E-state index in [1.807, 2.05) is 13.8 Å². The van der Waals surface area contributed by atoms with Crippen LogP contribution in [0.25, 0.3) is 0 Å². The summed E-state index contributed by atoms with van der Waals surface area (Å²) in [5.74, 6) is 0. The molecule has 0 amide bonds. The maximum atomic E-state index is 5.75. The van der Waals surface area contributed by atoms with Crippen molar-refractivity contribution in [3.63, 3.8) is 0 Å². The van der Waals surface area contributed by atoms with E-state index in [4.69, 9.17) is 47.4 Å². The van der Waals surface area contributed by atoms with Crippen LogP contribution in [-0.2, 0) is 47.4 Å². The maximum Gasteiger partial charge on any atom is 0.415 e. The summed E-state index contributed by atoms with van der Waals surface area (Å²) in [6.45, 7) is 14.7. The van der Waals surface area contributed by atoms with Gasteiger partial charge in [0.05, 0.1) is 38.6 Å². The molecular weight excluding hydrogens is 424 g/mol. The molecule has 6 rings (SSSR count). The van der Waals surface area contributed by atoms with E-state index in [0.717, 1.165) is 12.8 Å². The minimum atomic E-state index is -1.36. The largest absolute Gasteiger partial charge is 0.415 e. The van der Waals surface area contributed by atoms with Gasteiger partial charge in [0.2, 0.25) is 0 Å². The summed E-state index contributed by atoms with van der Waals surface area (Å²) in [5.41, 5.74) is 0.0572. The molecule has 6 heterocycles. The van der Waals surface area contributed by atoms with Crippen LogP contribution in [0.4, 0.5) is 0 Å². The Labute approximate surface area is 189 Å². The molecule has 0 aromatic rings. The van der Waals surface area contributed by atoms with Gasteiger partial charge in [-0.15, -0.1) is 0 Å². The summed E-state index contributed by atoms with van der Waals surface area (Å²) < 4.78 is 55.3. The molecule has 6 aliphatic rings. The third kappa shape index (κ3) is 4.35. The van der Waals surface area contributed by atoms with Crippen molar-refractivity contribution in [1.82, 2.24) is 0 Å². The van der Waals surface area contributed by atoms with Gasteiger partial charge in [0.1, 0.15) is 12.2 Å². The SMILES string of the molecule is CC1OC2(OCC(C)(C)C(C)O2)OC2OC12.CCC1(CC)COC2(OCC3OC3O2)OC1. The molecule has 6 saturated heterocycles. The molecule has 10 heteroatoms. The molecule has 0 saturated carbocycles. The van der Waals surface area contributed by atoms with Crippen LogP contribution in [0.3, 0.4) is 0 Å². The zero-order valence-corrected chi connectivity index (χ0v) is 19.8. The van der Waals surface area contributed by atoms with E-state index >= 15 is 0 Å². The van der Waals surface area contributed by atoms with Crippen molar-refractivity contribution in [3.05, 3.63) is 0 Å². The van der Waals surface area contributed by atoms with Crippen LogP contribution in [0, 0.1) is 10.8 Å². The summed E-state index contributed by atoms with van der Waals surface area (Å²) in [7, 11) is 0. The molecule has 7 unspecified atom stereocenters.